The fraction of sp³-hybridized carbons (Fsp3) is 0.353. The lowest BCUT2D eigenvalue weighted by atomic mass is 9.96. The maximum absolute atomic E-state index is 12.9. The molecule has 22 heavy (non-hydrogen) atoms. The molecular formula is C17H17N3O2. The van der Waals surface area contributed by atoms with Gasteiger partial charge in [-0.15, -0.1) is 0 Å². The number of aryl methyl sites for hydroxylation is 1. The summed E-state index contributed by atoms with van der Waals surface area (Å²) in [4.78, 5) is 14.5. The average Bonchev–Trinajstić information content (AvgIpc) is 3.00. The van der Waals surface area contributed by atoms with Crippen molar-refractivity contribution in [3.05, 3.63) is 47.3 Å². The van der Waals surface area contributed by atoms with E-state index in [0.717, 1.165) is 42.7 Å². The smallest absolute Gasteiger partial charge is 0.280 e. The minimum Gasteiger partial charge on any atom is -0.360 e. The molecule has 1 aliphatic carbocycles. The topological polar surface area (TPSA) is 70.1 Å². The van der Waals surface area contributed by atoms with Crippen molar-refractivity contribution in [2.75, 3.05) is 11.4 Å². The van der Waals surface area contributed by atoms with Crippen molar-refractivity contribution >= 4 is 11.6 Å². The second-order valence-electron chi connectivity index (χ2n) is 5.34. The molecule has 5 nitrogen and oxygen atoms in total. The van der Waals surface area contributed by atoms with Gasteiger partial charge in [0.15, 0.2) is 5.69 Å². The van der Waals surface area contributed by atoms with Gasteiger partial charge in [0, 0.05) is 24.2 Å². The summed E-state index contributed by atoms with van der Waals surface area (Å²) in [7, 11) is 0. The predicted octanol–water partition coefficient (Wildman–Crippen LogP) is 3.11. The Morgan fingerprint density at radius 2 is 2.05 bits per heavy atom. The molecule has 5 heteroatoms. The summed E-state index contributed by atoms with van der Waals surface area (Å²) in [6.45, 7) is 0.348. The lowest BCUT2D eigenvalue weighted by molar-refractivity contribution is 0.0978. The molecule has 0 unspecified atom stereocenters. The molecule has 1 heterocycles. The summed E-state index contributed by atoms with van der Waals surface area (Å²) in [5, 5.41) is 12.8. The number of rotatable bonds is 4. The molecule has 0 radical (unpaired) electrons. The van der Waals surface area contributed by atoms with Gasteiger partial charge < -0.3 is 9.42 Å². The molecule has 0 saturated carbocycles. The fourth-order valence-corrected chi connectivity index (χ4v) is 2.80. The lowest BCUT2D eigenvalue weighted by Gasteiger charge is -2.21. The Balaban J connectivity index is 1.92. The molecule has 0 spiro atoms. The quantitative estimate of drug-likeness (QED) is 0.869. The number of amides is 1. The molecule has 0 aliphatic heterocycles. The second-order valence-corrected chi connectivity index (χ2v) is 5.34. The highest BCUT2D eigenvalue weighted by atomic mass is 16.5. The third-order valence-electron chi connectivity index (χ3n) is 3.91. The highest BCUT2D eigenvalue weighted by Crippen LogP contribution is 2.26. The molecule has 1 aromatic heterocycles. The minimum atomic E-state index is -0.187. The van der Waals surface area contributed by atoms with Crippen LogP contribution in [0.4, 0.5) is 5.69 Å². The summed E-state index contributed by atoms with van der Waals surface area (Å²) in [5.41, 5.74) is 2.11. The van der Waals surface area contributed by atoms with Crippen LogP contribution in [-0.2, 0) is 12.8 Å². The summed E-state index contributed by atoms with van der Waals surface area (Å²) in [6.07, 6.45) is 4.09. The molecule has 0 saturated heterocycles. The van der Waals surface area contributed by atoms with E-state index in [4.69, 9.17) is 9.78 Å². The van der Waals surface area contributed by atoms with Crippen LogP contribution in [0.15, 0.2) is 34.9 Å². The highest BCUT2D eigenvalue weighted by Gasteiger charge is 2.27. The molecule has 0 N–H and O–H groups in total. The van der Waals surface area contributed by atoms with E-state index in [-0.39, 0.29) is 12.3 Å². The molecule has 0 bridgehead atoms. The zero-order chi connectivity index (χ0) is 15.4. The molecule has 1 aliphatic rings. The van der Waals surface area contributed by atoms with E-state index in [1.165, 1.54) is 0 Å². The third-order valence-corrected chi connectivity index (χ3v) is 3.91. The van der Waals surface area contributed by atoms with Gasteiger partial charge in [0.25, 0.3) is 5.91 Å². The summed E-state index contributed by atoms with van der Waals surface area (Å²) in [5.74, 6) is 0.649. The molecule has 2 aromatic rings. The van der Waals surface area contributed by atoms with Crippen LogP contribution in [0.5, 0.6) is 0 Å². The van der Waals surface area contributed by atoms with E-state index in [1.807, 2.05) is 30.3 Å². The van der Waals surface area contributed by atoms with E-state index in [9.17, 15) is 4.79 Å². The average molecular weight is 295 g/mol. The molecule has 0 atom stereocenters. The van der Waals surface area contributed by atoms with Gasteiger partial charge in [-0.3, -0.25) is 4.79 Å². The summed E-state index contributed by atoms with van der Waals surface area (Å²) < 4.78 is 5.34. The van der Waals surface area contributed by atoms with Crippen LogP contribution < -0.4 is 4.90 Å². The first-order valence-corrected chi connectivity index (χ1v) is 7.52. The first kappa shape index (κ1) is 14.3. The van der Waals surface area contributed by atoms with Gasteiger partial charge in [0.05, 0.1) is 12.5 Å². The van der Waals surface area contributed by atoms with Crippen molar-refractivity contribution in [3.63, 3.8) is 0 Å². The monoisotopic (exact) mass is 295 g/mol. The van der Waals surface area contributed by atoms with Gasteiger partial charge >= 0.3 is 0 Å². The van der Waals surface area contributed by atoms with Crippen molar-refractivity contribution < 1.29 is 9.32 Å². The van der Waals surface area contributed by atoms with Crippen LogP contribution in [0.2, 0.25) is 0 Å². The Hall–Kier alpha value is -2.61. The molecular weight excluding hydrogens is 278 g/mol. The van der Waals surface area contributed by atoms with Crippen LogP contribution in [0.25, 0.3) is 0 Å². The van der Waals surface area contributed by atoms with Crippen LogP contribution in [0.1, 0.15) is 41.1 Å². The van der Waals surface area contributed by atoms with Gasteiger partial charge in [-0.05, 0) is 31.4 Å². The first-order valence-electron chi connectivity index (χ1n) is 7.52. The number of benzene rings is 1. The van der Waals surface area contributed by atoms with E-state index in [1.54, 1.807) is 4.90 Å². The highest BCUT2D eigenvalue weighted by molar-refractivity contribution is 6.05. The van der Waals surface area contributed by atoms with Crippen LogP contribution in [-0.4, -0.2) is 17.6 Å². The van der Waals surface area contributed by atoms with E-state index in [2.05, 4.69) is 11.2 Å². The number of hydrogen-bond donors (Lipinski definition) is 0. The van der Waals surface area contributed by atoms with E-state index >= 15 is 0 Å². The fourth-order valence-electron chi connectivity index (χ4n) is 2.80. The Kier molecular flexibility index (Phi) is 4.19. The number of aromatic nitrogens is 1. The Labute approximate surface area is 129 Å². The molecule has 1 amide bonds. The van der Waals surface area contributed by atoms with Crippen molar-refractivity contribution in [1.82, 2.24) is 5.16 Å². The third kappa shape index (κ3) is 2.73. The normalized spacial score (nSPS) is 13.2. The van der Waals surface area contributed by atoms with Gasteiger partial charge in [-0.2, -0.15) is 5.26 Å². The second kappa shape index (κ2) is 6.44. The number of fused-ring (bicyclic) bond motifs is 1. The predicted molar refractivity (Wildman–Crippen MR) is 81.5 cm³/mol. The molecule has 3 rings (SSSR count). The zero-order valence-electron chi connectivity index (χ0n) is 12.3. The number of carbonyl (C=O) groups is 1. The van der Waals surface area contributed by atoms with Crippen molar-refractivity contribution in [2.24, 2.45) is 0 Å². The maximum atomic E-state index is 12.9. The summed E-state index contributed by atoms with van der Waals surface area (Å²) >= 11 is 0. The number of nitriles is 1. The zero-order valence-corrected chi connectivity index (χ0v) is 12.3. The molecule has 0 fully saturated rings. The van der Waals surface area contributed by atoms with Gasteiger partial charge in [0.1, 0.15) is 5.76 Å². The van der Waals surface area contributed by atoms with Crippen LogP contribution in [0, 0.1) is 11.3 Å². The van der Waals surface area contributed by atoms with Gasteiger partial charge in [0.2, 0.25) is 0 Å². The van der Waals surface area contributed by atoms with Crippen molar-refractivity contribution in [2.45, 2.75) is 32.1 Å². The van der Waals surface area contributed by atoms with Crippen LogP contribution >= 0.6 is 0 Å². The van der Waals surface area contributed by atoms with Crippen molar-refractivity contribution in [1.29, 1.82) is 5.26 Å². The maximum Gasteiger partial charge on any atom is 0.280 e. The van der Waals surface area contributed by atoms with E-state index in [0.29, 0.717) is 12.2 Å². The number of para-hydroxylation sites is 1. The minimum absolute atomic E-state index is 0.187. The first-order chi connectivity index (χ1) is 10.8. The Morgan fingerprint density at radius 1 is 1.27 bits per heavy atom. The van der Waals surface area contributed by atoms with Crippen LogP contribution in [0.3, 0.4) is 0 Å². The largest absolute Gasteiger partial charge is 0.360 e. The standard InChI is InChI=1S/C17H17N3O2/c18-11-6-12-20(13-7-2-1-3-8-13)17(21)16-14-9-4-5-10-15(14)22-19-16/h1-3,7-8H,4-6,9-10,12H2. The summed E-state index contributed by atoms with van der Waals surface area (Å²) in [6, 6.07) is 11.5. The van der Waals surface area contributed by atoms with Crippen molar-refractivity contribution in [3.8, 4) is 6.07 Å². The SMILES string of the molecule is N#CCCN(C(=O)c1noc2c1CCCC2)c1ccccc1. The molecule has 1 aromatic carbocycles. The number of nitrogens with zero attached hydrogens (tertiary/aromatic N) is 3. The number of anilines is 1. The Morgan fingerprint density at radius 3 is 2.82 bits per heavy atom. The van der Waals surface area contributed by atoms with Gasteiger partial charge in [-0.25, -0.2) is 0 Å². The Bertz CT molecular complexity index is 700. The number of carbonyl (C=O) groups excluding carboxylic acids is 1. The number of hydrogen-bond acceptors (Lipinski definition) is 4. The van der Waals surface area contributed by atoms with Gasteiger partial charge in [-0.1, -0.05) is 23.4 Å². The van der Waals surface area contributed by atoms with E-state index < -0.39 is 0 Å². The molecule has 112 valence electrons. The lowest BCUT2D eigenvalue weighted by Crippen LogP contribution is -2.32.